The molecule has 0 saturated carbocycles. The Bertz CT molecular complexity index is 257. The third kappa shape index (κ3) is 1.87. The van der Waals surface area contributed by atoms with Gasteiger partial charge in [-0.2, -0.15) is 0 Å². The molecule has 0 spiro atoms. The van der Waals surface area contributed by atoms with E-state index in [1.165, 1.54) is 4.90 Å². The molecular weight excluding hydrogens is 200 g/mol. The number of carbonyl (C=O) groups is 2. The van der Waals surface area contributed by atoms with E-state index in [1.54, 1.807) is 6.92 Å². The second-order valence-corrected chi connectivity index (χ2v) is 4.21. The van der Waals surface area contributed by atoms with E-state index in [1.807, 2.05) is 6.92 Å². The smallest absolute Gasteiger partial charge is 0.315 e. The number of urea groups is 1. The minimum absolute atomic E-state index is 0.221. The van der Waals surface area contributed by atoms with Gasteiger partial charge in [-0.25, -0.2) is 4.79 Å². The molecule has 1 atom stereocenters. The molecule has 1 rings (SSSR count). The Labute approximate surface area is 89.4 Å². The van der Waals surface area contributed by atoms with Gasteiger partial charge in [0.25, 0.3) is 5.91 Å². The second kappa shape index (κ2) is 4.21. The average Bonchev–Trinajstić information content (AvgIpc) is 2.35. The van der Waals surface area contributed by atoms with Crippen molar-refractivity contribution in [3.05, 3.63) is 0 Å². The van der Waals surface area contributed by atoms with Crippen LogP contribution in [0.2, 0.25) is 0 Å². The summed E-state index contributed by atoms with van der Waals surface area (Å²) in [5.41, 5.74) is 0. The molecule has 1 aliphatic heterocycles. The first-order chi connectivity index (χ1) is 6.55. The molecule has 1 aliphatic rings. The summed E-state index contributed by atoms with van der Waals surface area (Å²) in [5.74, 6) is -0.221. The Morgan fingerprint density at radius 1 is 1.43 bits per heavy atom. The highest BCUT2D eigenvalue weighted by Gasteiger charge is 2.47. The fourth-order valence-corrected chi connectivity index (χ4v) is 1.88. The molecule has 80 valence electrons. The lowest BCUT2D eigenvalue weighted by atomic mass is 10.1. The van der Waals surface area contributed by atoms with E-state index < -0.39 is 4.87 Å². The number of hydrogen-bond acceptors (Lipinski definition) is 3. The van der Waals surface area contributed by atoms with Gasteiger partial charge in [0, 0.05) is 6.54 Å². The SMILES string of the molecule is CCCCC1(S)NC(=O)N(CC)C1=O. The van der Waals surface area contributed by atoms with Crippen molar-refractivity contribution in [3.63, 3.8) is 0 Å². The van der Waals surface area contributed by atoms with Crippen molar-refractivity contribution < 1.29 is 9.59 Å². The summed E-state index contributed by atoms with van der Waals surface area (Å²) >= 11 is 4.26. The van der Waals surface area contributed by atoms with Crippen LogP contribution >= 0.6 is 12.6 Å². The topological polar surface area (TPSA) is 49.4 Å². The zero-order valence-corrected chi connectivity index (χ0v) is 9.43. The van der Waals surface area contributed by atoms with Crippen LogP contribution in [0, 0.1) is 0 Å². The summed E-state index contributed by atoms with van der Waals surface area (Å²) < 4.78 is 0. The number of unbranched alkanes of at least 4 members (excludes halogenated alkanes) is 1. The number of nitrogens with one attached hydrogen (secondary N) is 1. The number of likely N-dealkylation sites (N-methyl/N-ethyl adjacent to an activating group) is 1. The molecular formula is C9H16N2O2S. The van der Waals surface area contributed by atoms with Crippen molar-refractivity contribution >= 4 is 24.6 Å². The Hall–Kier alpha value is -0.710. The lowest BCUT2D eigenvalue weighted by Crippen LogP contribution is -2.41. The van der Waals surface area contributed by atoms with E-state index in [4.69, 9.17) is 0 Å². The van der Waals surface area contributed by atoms with Crippen molar-refractivity contribution in [1.82, 2.24) is 10.2 Å². The normalized spacial score (nSPS) is 26.9. The van der Waals surface area contributed by atoms with Crippen molar-refractivity contribution in [3.8, 4) is 0 Å². The standard InChI is InChI=1S/C9H16N2O2S/c1-3-5-6-9(14)7(12)11(4-2)8(13)10-9/h14H,3-6H2,1-2H3,(H,10,13). The average molecular weight is 216 g/mol. The van der Waals surface area contributed by atoms with Crippen LogP contribution in [0.5, 0.6) is 0 Å². The molecule has 0 aliphatic carbocycles. The van der Waals surface area contributed by atoms with Gasteiger partial charge in [0.2, 0.25) is 0 Å². The zero-order chi connectivity index (χ0) is 10.8. The van der Waals surface area contributed by atoms with Gasteiger partial charge >= 0.3 is 6.03 Å². The van der Waals surface area contributed by atoms with Crippen LogP contribution in [0.4, 0.5) is 4.79 Å². The molecule has 0 radical (unpaired) electrons. The van der Waals surface area contributed by atoms with Gasteiger partial charge in [-0.1, -0.05) is 13.3 Å². The maximum Gasteiger partial charge on any atom is 0.325 e. The third-order valence-electron chi connectivity index (χ3n) is 2.37. The first kappa shape index (κ1) is 11.4. The predicted octanol–water partition coefficient (Wildman–Crippen LogP) is 1.37. The molecule has 14 heavy (non-hydrogen) atoms. The van der Waals surface area contributed by atoms with Crippen LogP contribution in [-0.4, -0.2) is 28.3 Å². The minimum atomic E-state index is -0.969. The lowest BCUT2D eigenvalue weighted by molar-refractivity contribution is -0.128. The highest BCUT2D eigenvalue weighted by Crippen LogP contribution is 2.27. The summed E-state index contributed by atoms with van der Waals surface area (Å²) in [6.45, 7) is 4.21. The summed E-state index contributed by atoms with van der Waals surface area (Å²) in [6.07, 6.45) is 2.46. The van der Waals surface area contributed by atoms with Crippen LogP contribution in [0.3, 0.4) is 0 Å². The van der Waals surface area contributed by atoms with Crippen molar-refractivity contribution in [1.29, 1.82) is 0 Å². The lowest BCUT2D eigenvalue weighted by Gasteiger charge is -2.19. The number of carbonyl (C=O) groups excluding carboxylic acids is 2. The maximum absolute atomic E-state index is 11.7. The molecule has 0 bridgehead atoms. The molecule has 1 N–H and O–H groups in total. The van der Waals surface area contributed by atoms with Gasteiger partial charge < -0.3 is 5.32 Å². The fraction of sp³-hybridized carbons (Fsp3) is 0.778. The van der Waals surface area contributed by atoms with Gasteiger partial charge in [-0.3, -0.25) is 9.69 Å². The number of hydrogen-bond donors (Lipinski definition) is 2. The Kier molecular flexibility index (Phi) is 3.42. The number of rotatable bonds is 4. The van der Waals surface area contributed by atoms with Gasteiger partial charge in [0.05, 0.1) is 0 Å². The molecule has 1 unspecified atom stereocenters. The third-order valence-corrected chi connectivity index (χ3v) is 2.89. The summed E-state index contributed by atoms with van der Waals surface area (Å²) in [6, 6.07) is -0.330. The van der Waals surface area contributed by atoms with Gasteiger partial charge in [0.1, 0.15) is 0 Å². The largest absolute Gasteiger partial charge is 0.325 e. The van der Waals surface area contributed by atoms with Crippen LogP contribution in [0.25, 0.3) is 0 Å². The Morgan fingerprint density at radius 2 is 2.07 bits per heavy atom. The van der Waals surface area contributed by atoms with E-state index in [-0.39, 0.29) is 11.9 Å². The summed E-state index contributed by atoms with van der Waals surface area (Å²) in [7, 11) is 0. The zero-order valence-electron chi connectivity index (χ0n) is 8.54. The highest BCUT2D eigenvalue weighted by molar-refractivity contribution is 7.82. The quantitative estimate of drug-likeness (QED) is 0.551. The molecule has 0 aromatic heterocycles. The molecule has 1 fully saturated rings. The van der Waals surface area contributed by atoms with Crippen LogP contribution in [0.15, 0.2) is 0 Å². The van der Waals surface area contributed by atoms with Crippen LogP contribution in [0.1, 0.15) is 33.1 Å². The maximum atomic E-state index is 11.7. The van der Waals surface area contributed by atoms with Crippen molar-refractivity contribution in [2.75, 3.05) is 6.54 Å². The molecule has 1 heterocycles. The first-order valence-electron chi connectivity index (χ1n) is 4.91. The van der Waals surface area contributed by atoms with Gasteiger partial charge in [-0.05, 0) is 19.8 Å². The highest BCUT2D eigenvalue weighted by atomic mass is 32.1. The van der Waals surface area contributed by atoms with Crippen LogP contribution in [-0.2, 0) is 4.79 Å². The van der Waals surface area contributed by atoms with E-state index >= 15 is 0 Å². The number of amides is 3. The van der Waals surface area contributed by atoms with Gasteiger partial charge in [-0.15, -0.1) is 12.6 Å². The first-order valence-corrected chi connectivity index (χ1v) is 5.36. The summed E-state index contributed by atoms with van der Waals surface area (Å²) in [4.78, 5) is 23.3. The fourth-order valence-electron chi connectivity index (χ4n) is 1.50. The van der Waals surface area contributed by atoms with E-state index in [0.717, 1.165) is 12.8 Å². The van der Waals surface area contributed by atoms with Crippen LogP contribution < -0.4 is 5.32 Å². The minimum Gasteiger partial charge on any atom is -0.315 e. The Morgan fingerprint density at radius 3 is 2.50 bits per heavy atom. The number of imide groups is 1. The van der Waals surface area contributed by atoms with Crippen molar-refractivity contribution in [2.24, 2.45) is 0 Å². The molecule has 0 aromatic rings. The summed E-state index contributed by atoms with van der Waals surface area (Å²) in [5, 5.41) is 2.62. The molecule has 4 nitrogen and oxygen atoms in total. The van der Waals surface area contributed by atoms with E-state index in [2.05, 4.69) is 17.9 Å². The van der Waals surface area contributed by atoms with E-state index in [9.17, 15) is 9.59 Å². The molecule has 5 heteroatoms. The Balaban J connectivity index is 2.73. The molecule has 1 saturated heterocycles. The number of nitrogens with zero attached hydrogens (tertiary/aromatic N) is 1. The molecule has 0 aromatic carbocycles. The molecule has 3 amide bonds. The van der Waals surface area contributed by atoms with E-state index in [0.29, 0.717) is 13.0 Å². The second-order valence-electron chi connectivity index (χ2n) is 3.44. The monoisotopic (exact) mass is 216 g/mol. The predicted molar refractivity (Wildman–Crippen MR) is 57.2 cm³/mol. The van der Waals surface area contributed by atoms with Gasteiger partial charge in [0.15, 0.2) is 4.87 Å². The van der Waals surface area contributed by atoms with Crippen molar-refractivity contribution in [2.45, 2.75) is 38.0 Å². The number of thiol groups is 1.